The van der Waals surface area contributed by atoms with Crippen molar-refractivity contribution in [1.82, 2.24) is 9.21 Å². The molecule has 7 heteroatoms. The fourth-order valence-electron chi connectivity index (χ4n) is 5.15. The Morgan fingerprint density at radius 2 is 1.78 bits per heavy atom. The van der Waals surface area contributed by atoms with Gasteiger partial charge in [0.25, 0.3) is 5.91 Å². The molecule has 1 saturated heterocycles. The van der Waals surface area contributed by atoms with Crippen LogP contribution < -0.4 is 4.74 Å². The van der Waals surface area contributed by atoms with Crippen LogP contribution in [0.25, 0.3) is 0 Å². The van der Waals surface area contributed by atoms with Crippen molar-refractivity contribution in [3.8, 4) is 5.75 Å². The van der Waals surface area contributed by atoms with Crippen LogP contribution in [-0.4, -0.2) is 50.3 Å². The summed E-state index contributed by atoms with van der Waals surface area (Å²) >= 11 is 0. The minimum Gasteiger partial charge on any atom is -0.495 e. The quantitative estimate of drug-likeness (QED) is 0.623. The van der Waals surface area contributed by atoms with E-state index in [9.17, 15) is 13.2 Å². The van der Waals surface area contributed by atoms with E-state index in [1.165, 1.54) is 43.2 Å². The fraction of sp³-hybridized carbons (Fsp3) is 0.480. The summed E-state index contributed by atoms with van der Waals surface area (Å²) in [5.41, 5.74) is 1.30. The first-order valence-corrected chi connectivity index (χ1v) is 12.8. The molecule has 1 heterocycles. The molecule has 32 heavy (non-hydrogen) atoms. The molecule has 0 spiro atoms. The van der Waals surface area contributed by atoms with Crippen molar-refractivity contribution in [1.29, 1.82) is 0 Å². The van der Waals surface area contributed by atoms with Crippen molar-refractivity contribution in [2.24, 2.45) is 5.92 Å². The maximum absolute atomic E-state index is 13.4. The molecule has 2 fully saturated rings. The van der Waals surface area contributed by atoms with Gasteiger partial charge in [-0.3, -0.25) is 4.79 Å². The van der Waals surface area contributed by atoms with Gasteiger partial charge in [0.2, 0.25) is 10.0 Å². The summed E-state index contributed by atoms with van der Waals surface area (Å²) in [5, 5.41) is 0. The molecule has 2 aliphatic rings. The molecule has 4 rings (SSSR count). The largest absolute Gasteiger partial charge is 0.495 e. The van der Waals surface area contributed by atoms with Crippen molar-refractivity contribution in [2.75, 3.05) is 20.7 Å². The second-order valence-corrected chi connectivity index (χ2v) is 10.9. The number of likely N-dealkylation sites (tertiary alicyclic amines) is 1. The smallest absolute Gasteiger partial charge is 0.254 e. The summed E-state index contributed by atoms with van der Waals surface area (Å²) < 4.78 is 33.5. The lowest BCUT2D eigenvalue weighted by Crippen LogP contribution is -2.39. The molecule has 172 valence electrons. The highest BCUT2D eigenvalue weighted by atomic mass is 32.2. The number of amides is 1. The minimum atomic E-state index is -3.85. The Kier molecular flexibility index (Phi) is 6.86. The van der Waals surface area contributed by atoms with Gasteiger partial charge in [-0.2, -0.15) is 4.31 Å². The molecule has 0 radical (unpaired) electrons. The Balaban J connectivity index is 1.61. The van der Waals surface area contributed by atoms with E-state index in [2.05, 4.69) is 0 Å². The van der Waals surface area contributed by atoms with Crippen LogP contribution in [0, 0.1) is 5.92 Å². The summed E-state index contributed by atoms with van der Waals surface area (Å²) in [4.78, 5) is 15.4. The molecule has 1 atom stereocenters. The van der Waals surface area contributed by atoms with Crippen LogP contribution in [0.5, 0.6) is 5.75 Å². The summed E-state index contributed by atoms with van der Waals surface area (Å²) in [6.07, 6.45) is 6.89. The molecule has 1 aliphatic carbocycles. The zero-order chi connectivity index (χ0) is 22.7. The average molecular weight is 457 g/mol. The number of carbonyl (C=O) groups excluding carboxylic acids is 1. The van der Waals surface area contributed by atoms with Crippen molar-refractivity contribution < 1.29 is 17.9 Å². The van der Waals surface area contributed by atoms with Crippen molar-refractivity contribution >= 4 is 15.9 Å². The van der Waals surface area contributed by atoms with E-state index in [4.69, 9.17) is 4.74 Å². The van der Waals surface area contributed by atoms with Gasteiger partial charge in [-0.15, -0.1) is 0 Å². The molecule has 2 aromatic rings. The van der Waals surface area contributed by atoms with Crippen LogP contribution in [0.2, 0.25) is 0 Å². The second-order valence-electron chi connectivity index (χ2n) is 8.86. The topological polar surface area (TPSA) is 66.9 Å². The molecule has 0 aromatic heterocycles. The highest BCUT2D eigenvalue weighted by molar-refractivity contribution is 7.89. The van der Waals surface area contributed by atoms with Gasteiger partial charge >= 0.3 is 0 Å². The molecule has 0 N–H and O–H groups in total. The number of hydrogen-bond donors (Lipinski definition) is 0. The number of benzene rings is 2. The van der Waals surface area contributed by atoms with Crippen LogP contribution >= 0.6 is 0 Å². The fourth-order valence-corrected chi connectivity index (χ4v) is 6.48. The number of nitrogens with zero attached hydrogens (tertiary/aromatic N) is 2. The molecule has 1 saturated carbocycles. The van der Waals surface area contributed by atoms with E-state index in [0.717, 1.165) is 24.9 Å². The van der Waals surface area contributed by atoms with Crippen molar-refractivity contribution in [3.63, 3.8) is 0 Å². The zero-order valence-corrected chi connectivity index (χ0v) is 19.7. The Morgan fingerprint density at radius 1 is 1.06 bits per heavy atom. The van der Waals surface area contributed by atoms with E-state index in [1.54, 1.807) is 19.2 Å². The summed E-state index contributed by atoms with van der Waals surface area (Å²) in [5.74, 6) is 0.736. The normalized spacial score (nSPS) is 19.6. The molecule has 0 bridgehead atoms. The van der Waals surface area contributed by atoms with Gasteiger partial charge in [0.15, 0.2) is 0 Å². The van der Waals surface area contributed by atoms with Gasteiger partial charge in [-0.25, -0.2) is 8.42 Å². The third-order valence-corrected chi connectivity index (χ3v) is 8.68. The van der Waals surface area contributed by atoms with Crippen LogP contribution in [-0.2, 0) is 16.6 Å². The Bertz CT molecular complexity index is 1050. The average Bonchev–Trinajstić information content (AvgIpc) is 3.50. The lowest BCUT2D eigenvalue weighted by atomic mass is 9.95. The van der Waals surface area contributed by atoms with Crippen molar-refractivity contribution in [3.05, 3.63) is 59.7 Å². The number of carbonyl (C=O) groups is 1. The summed E-state index contributed by atoms with van der Waals surface area (Å²) in [7, 11) is -0.855. The molecular formula is C25H32N2O4S. The first-order valence-electron chi connectivity index (χ1n) is 11.4. The minimum absolute atomic E-state index is 0.0286. The standard InChI is InChI=1S/C25H32N2O4S/c1-26(18-19-9-4-3-5-10-19)32(29,30)24-17-21(14-15-23(24)31-2)25(28)27-16-8-13-22(27)20-11-6-7-12-20/h3-5,9-10,14-15,17,20,22H,6-8,11-13,16,18H2,1-2H3. The van der Waals surface area contributed by atoms with Crippen molar-refractivity contribution in [2.45, 2.75) is 56.0 Å². The van der Waals surface area contributed by atoms with Gasteiger partial charge in [0.05, 0.1) is 7.11 Å². The first-order chi connectivity index (χ1) is 15.4. The van der Waals surface area contributed by atoms with Gasteiger partial charge in [-0.05, 0) is 55.4 Å². The lowest BCUT2D eigenvalue weighted by molar-refractivity contribution is 0.0688. The van der Waals surface area contributed by atoms with Gasteiger partial charge in [-0.1, -0.05) is 43.2 Å². The highest BCUT2D eigenvalue weighted by Crippen LogP contribution is 2.36. The number of hydrogen-bond acceptors (Lipinski definition) is 4. The molecular weight excluding hydrogens is 424 g/mol. The maximum atomic E-state index is 13.4. The van der Waals surface area contributed by atoms with E-state index in [1.807, 2.05) is 35.2 Å². The molecule has 6 nitrogen and oxygen atoms in total. The van der Waals surface area contributed by atoms with Crippen LogP contribution in [0.15, 0.2) is 53.4 Å². The molecule has 2 aromatic carbocycles. The zero-order valence-electron chi connectivity index (χ0n) is 18.9. The summed E-state index contributed by atoms with van der Waals surface area (Å²) in [6, 6.07) is 14.5. The van der Waals surface area contributed by atoms with Crippen LogP contribution in [0.4, 0.5) is 0 Å². The van der Waals surface area contributed by atoms with E-state index >= 15 is 0 Å². The maximum Gasteiger partial charge on any atom is 0.254 e. The van der Waals surface area contributed by atoms with E-state index in [0.29, 0.717) is 11.5 Å². The molecule has 1 aliphatic heterocycles. The monoisotopic (exact) mass is 456 g/mol. The van der Waals surface area contributed by atoms with Crippen LogP contribution in [0.3, 0.4) is 0 Å². The Morgan fingerprint density at radius 3 is 2.47 bits per heavy atom. The highest BCUT2D eigenvalue weighted by Gasteiger charge is 2.37. The summed E-state index contributed by atoms with van der Waals surface area (Å²) in [6.45, 7) is 0.975. The molecule has 1 amide bonds. The number of ether oxygens (including phenoxy) is 1. The van der Waals surface area contributed by atoms with E-state index in [-0.39, 0.29) is 29.1 Å². The van der Waals surface area contributed by atoms with E-state index < -0.39 is 10.0 Å². The molecule has 1 unspecified atom stereocenters. The van der Waals surface area contributed by atoms with Crippen LogP contribution in [0.1, 0.15) is 54.4 Å². The third kappa shape index (κ3) is 4.55. The number of sulfonamides is 1. The second kappa shape index (κ2) is 9.63. The van der Waals surface area contributed by atoms with Gasteiger partial charge < -0.3 is 9.64 Å². The Labute approximate surface area is 191 Å². The SMILES string of the molecule is COc1ccc(C(=O)N2CCCC2C2CCCC2)cc1S(=O)(=O)N(C)Cc1ccccc1. The number of rotatable bonds is 7. The van der Waals surface area contributed by atoms with Gasteiger partial charge in [0, 0.05) is 31.7 Å². The lowest BCUT2D eigenvalue weighted by Gasteiger charge is -2.30. The first kappa shape index (κ1) is 22.8. The predicted molar refractivity (Wildman–Crippen MR) is 124 cm³/mol. The van der Waals surface area contributed by atoms with Gasteiger partial charge in [0.1, 0.15) is 10.6 Å². The Hall–Kier alpha value is -2.38. The third-order valence-electron chi connectivity index (χ3n) is 6.85. The number of methoxy groups -OCH3 is 1. The predicted octanol–water partition coefficient (Wildman–Crippen LogP) is 4.31.